The maximum absolute atomic E-state index is 14.2. The van der Waals surface area contributed by atoms with Gasteiger partial charge in [0.2, 0.25) is 5.91 Å². The predicted molar refractivity (Wildman–Crippen MR) is 130 cm³/mol. The van der Waals surface area contributed by atoms with Gasteiger partial charge < -0.3 is 4.74 Å². The Bertz CT molecular complexity index is 1510. The number of imide groups is 1. The molecule has 7 heteroatoms. The van der Waals surface area contributed by atoms with Gasteiger partial charge in [0.25, 0.3) is 11.8 Å². The molecule has 0 radical (unpaired) electrons. The molecule has 7 nitrogen and oxygen atoms in total. The molecule has 0 aliphatic carbocycles. The number of methoxy groups -OCH3 is 1. The van der Waals surface area contributed by atoms with Crippen LogP contribution in [-0.2, 0) is 21.7 Å². The summed E-state index contributed by atoms with van der Waals surface area (Å²) in [6.07, 6.45) is 1.51. The number of nitrogens with zero attached hydrogens (tertiary/aromatic N) is 3. The van der Waals surface area contributed by atoms with Gasteiger partial charge in [0.1, 0.15) is 5.75 Å². The van der Waals surface area contributed by atoms with Crippen molar-refractivity contribution in [1.82, 2.24) is 9.88 Å². The summed E-state index contributed by atoms with van der Waals surface area (Å²) >= 11 is 0. The molecule has 1 unspecified atom stereocenters. The van der Waals surface area contributed by atoms with Gasteiger partial charge in [-0.1, -0.05) is 54.6 Å². The van der Waals surface area contributed by atoms with Gasteiger partial charge in [0, 0.05) is 22.7 Å². The molecule has 1 atom stereocenters. The predicted octanol–water partition coefficient (Wildman–Crippen LogP) is 4.06. The van der Waals surface area contributed by atoms with Crippen molar-refractivity contribution in [2.75, 3.05) is 12.0 Å². The Labute approximate surface area is 201 Å². The number of amides is 3. The van der Waals surface area contributed by atoms with Gasteiger partial charge >= 0.3 is 0 Å². The summed E-state index contributed by atoms with van der Waals surface area (Å²) in [5.74, 6) is -0.604. The second-order valence-electron chi connectivity index (χ2n) is 8.71. The fourth-order valence-corrected chi connectivity index (χ4v) is 5.22. The lowest BCUT2D eigenvalue weighted by Crippen LogP contribution is -2.50. The van der Waals surface area contributed by atoms with E-state index in [-0.39, 0.29) is 24.8 Å². The molecule has 2 aliphatic rings. The third-order valence-corrected chi connectivity index (χ3v) is 6.83. The summed E-state index contributed by atoms with van der Waals surface area (Å²) in [5.41, 5.74) is 1.28. The lowest BCUT2D eigenvalue weighted by molar-refractivity contribution is -0.140. The molecule has 35 heavy (non-hydrogen) atoms. The minimum Gasteiger partial charge on any atom is -0.497 e. The van der Waals surface area contributed by atoms with Crippen molar-refractivity contribution in [2.45, 2.75) is 18.5 Å². The van der Waals surface area contributed by atoms with Crippen LogP contribution in [0.3, 0.4) is 0 Å². The zero-order valence-electron chi connectivity index (χ0n) is 19.0. The average molecular weight is 463 g/mol. The molecule has 172 valence electrons. The Kier molecular flexibility index (Phi) is 4.67. The van der Waals surface area contributed by atoms with E-state index >= 15 is 0 Å². The number of benzene rings is 3. The lowest BCUT2D eigenvalue weighted by atomic mass is 9.87. The van der Waals surface area contributed by atoms with E-state index in [1.165, 1.54) is 16.9 Å². The van der Waals surface area contributed by atoms with E-state index in [4.69, 9.17) is 4.74 Å². The van der Waals surface area contributed by atoms with Crippen molar-refractivity contribution in [1.29, 1.82) is 0 Å². The topological polar surface area (TPSA) is 79.8 Å². The third-order valence-electron chi connectivity index (χ3n) is 6.83. The summed E-state index contributed by atoms with van der Waals surface area (Å²) in [5, 5.41) is 0.833. The van der Waals surface area contributed by atoms with E-state index in [0.717, 1.165) is 10.9 Å². The van der Waals surface area contributed by atoms with Gasteiger partial charge in [-0.2, -0.15) is 0 Å². The number of hydrogen-bond acceptors (Lipinski definition) is 5. The molecule has 3 aromatic carbocycles. The van der Waals surface area contributed by atoms with Crippen LogP contribution in [-0.4, -0.2) is 34.7 Å². The van der Waals surface area contributed by atoms with Crippen LogP contribution in [0, 0.1) is 0 Å². The minimum atomic E-state index is -1.49. The number of carbonyl (C=O) groups is 3. The molecule has 0 bridgehead atoms. The minimum absolute atomic E-state index is 0.140. The molecular weight excluding hydrogens is 442 g/mol. The fourth-order valence-electron chi connectivity index (χ4n) is 5.22. The molecule has 3 heterocycles. The van der Waals surface area contributed by atoms with Gasteiger partial charge in [0.05, 0.1) is 31.3 Å². The van der Waals surface area contributed by atoms with Crippen LogP contribution < -0.4 is 9.64 Å². The largest absolute Gasteiger partial charge is 0.497 e. The Balaban J connectivity index is 1.57. The molecule has 1 saturated heterocycles. The molecule has 1 fully saturated rings. The van der Waals surface area contributed by atoms with E-state index in [1.54, 1.807) is 30.5 Å². The maximum atomic E-state index is 14.2. The highest BCUT2D eigenvalue weighted by Crippen LogP contribution is 2.51. The van der Waals surface area contributed by atoms with Crippen LogP contribution in [0.25, 0.3) is 10.9 Å². The second-order valence-corrected chi connectivity index (χ2v) is 8.71. The van der Waals surface area contributed by atoms with Gasteiger partial charge in [0.15, 0.2) is 5.54 Å². The average Bonchev–Trinajstić information content (AvgIpc) is 3.28. The molecule has 4 aromatic rings. The maximum Gasteiger partial charge on any atom is 0.261 e. The van der Waals surface area contributed by atoms with Crippen LogP contribution in [0.5, 0.6) is 5.75 Å². The van der Waals surface area contributed by atoms with E-state index in [1.807, 2.05) is 54.6 Å². The summed E-state index contributed by atoms with van der Waals surface area (Å²) in [4.78, 5) is 48.7. The summed E-state index contributed by atoms with van der Waals surface area (Å²) in [6.45, 7) is 0.140. The molecule has 0 saturated carbocycles. The van der Waals surface area contributed by atoms with E-state index < -0.39 is 11.4 Å². The molecular formula is C28H21N3O4. The lowest BCUT2D eigenvalue weighted by Gasteiger charge is -2.34. The number of pyridine rings is 1. The number of ether oxygens (including phenoxy) is 1. The number of rotatable bonds is 4. The van der Waals surface area contributed by atoms with Crippen molar-refractivity contribution >= 4 is 34.3 Å². The molecule has 1 aromatic heterocycles. The van der Waals surface area contributed by atoms with Crippen LogP contribution in [0.4, 0.5) is 5.69 Å². The number of likely N-dealkylation sites (tertiary alicyclic amines) is 1. The number of anilines is 1. The molecule has 3 amide bonds. The fraction of sp³-hybridized carbons (Fsp3) is 0.143. The van der Waals surface area contributed by atoms with Gasteiger partial charge in [-0.3, -0.25) is 29.2 Å². The first-order valence-corrected chi connectivity index (χ1v) is 11.3. The first-order valence-electron chi connectivity index (χ1n) is 11.3. The highest BCUT2D eigenvalue weighted by molar-refractivity contribution is 6.24. The van der Waals surface area contributed by atoms with Gasteiger partial charge in [-0.25, -0.2) is 0 Å². The first kappa shape index (κ1) is 21.0. The Morgan fingerprint density at radius 3 is 2.54 bits per heavy atom. The van der Waals surface area contributed by atoms with Gasteiger partial charge in [-0.15, -0.1) is 0 Å². The van der Waals surface area contributed by atoms with E-state index in [2.05, 4.69) is 4.98 Å². The SMILES string of the molecule is COc1ccc2c(c1)C(=O)N(c1cccc3cccnc13)C21CC(=O)N(Cc2ccccc2)C1=O. The summed E-state index contributed by atoms with van der Waals surface area (Å²) in [6, 6.07) is 23.7. The number of carbonyl (C=O) groups excluding carboxylic acids is 3. The van der Waals surface area contributed by atoms with Crippen LogP contribution >= 0.6 is 0 Å². The normalized spacial score (nSPS) is 19.2. The van der Waals surface area contributed by atoms with Crippen molar-refractivity contribution in [2.24, 2.45) is 0 Å². The van der Waals surface area contributed by atoms with E-state index in [9.17, 15) is 14.4 Å². The van der Waals surface area contributed by atoms with Crippen molar-refractivity contribution < 1.29 is 19.1 Å². The number of hydrogen-bond donors (Lipinski definition) is 0. The van der Waals surface area contributed by atoms with Crippen LogP contribution in [0.15, 0.2) is 85.1 Å². The van der Waals surface area contributed by atoms with Crippen molar-refractivity contribution in [3.05, 3.63) is 102 Å². The smallest absolute Gasteiger partial charge is 0.261 e. The zero-order chi connectivity index (χ0) is 24.2. The zero-order valence-corrected chi connectivity index (χ0v) is 19.0. The molecule has 6 rings (SSSR count). The molecule has 1 spiro atoms. The monoisotopic (exact) mass is 463 g/mol. The number of fused-ring (bicyclic) bond motifs is 3. The molecule has 0 N–H and O–H groups in total. The second kappa shape index (κ2) is 7.77. The highest BCUT2D eigenvalue weighted by Gasteiger charge is 2.63. The van der Waals surface area contributed by atoms with Crippen molar-refractivity contribution in [3.63, 3.8) is 0 Å². The Morgan fingerprint density at radius 1 is 0.943 bits per heavy atom. The van der Waals surface area contributed by atoms with Crippen LogP contribution in [0.2, 0.25) is 0 Å². The highest BCUT2D eigenvalue weighted by atomic mass is 16.5. The third kappa shape index (κ3) is 2.98. The van der Waals surface area contributed by atoms with Crippen molar-refractivity contribution in [3.8, 4) is 5.75 Å². The van der Waals surface area contributed by atoms with E-state index in [0.29, 0.717) is 28.1 Å². The Hall–Kier alpha value is -4.52. The number of para-hydroxylation sites is 1. The standard InChI is InChI=1S/C28H21N3O4/c1-35-20-12-13-22-21(15-20)26(33)31(23-11-5-9-19-10-6-14-29-25(19)23)28(22)16-24(32)30(27(28)34)17-18-7-3-2-4-8-18/h2-15H,16-17H2,1H3. The van der Waals surface area contributed by atoms with Gasteiger partial charge in [-0.05, 0) is 29.8 Å². The summed E-state index contributed by atoms with van der Waals surface area (Å²) in [7, 11) is 1.52. The Morgan fingerprint density at radius 2 is 1.74 bits per heavy atom. The quantitative estimate of drug-likeness (QED) is 0.427. The molecule has 2 aliphatic heterocycles. The van der Waals surface area contributed by atoms with Crippen LogP contribution in [0.1, 0.15) is 27.9 Å². The number of aromatic nitrogens is 1. The first-order chi connectivity index (χ1) is 17.0. The summed E-state index contributed by atoms with van der Waals surface area (Å²) < 4.78 is 5.35.